The average molecular weight is 893 g/mol. The summed E-state index contributed by atoms with van der Waals surface area (Å²) in [5.74, 6) is 0. The Morgan fingerprint density at radius 2 is 0.729 bits per heavy atom. The predicted octanol–water partition coefficient (Wildman–Crippen LogP) is 18.2. The number of hydrogen-bond acceptors (Lipinski definition) is 3. The van der Waals surface area contributed by atoms with E-state index < -0.39 is 5.41 Å². The summed E-state index contributed by atoms with van der Waals surface area (Å²) in [6.07, 6.45) is 0. The Bertz CT molecular complexity index is 3890. The van der Waals surface area contributed by atoms with Crippen LogP contribution in [0.1, 0.15) is 22.3 Å². The van der Waals surface area contributed by atoms with E-state index in [1.165, 1.54) is 50.1 Å². The zero-order chi connectivity index (χ0) is 46.2. The number of furan rings is 1. The minimum atomic E-state index is -0.559. The average Bonchev–Trinajstić information content (AvgIpc) is 4.08. The third kappa shape index (κ3) is 5.88. The summed E-state index contributed by atoms with van der Waals surface area (Å²) < 4.78 is 7.27. The van der Waals surface area contributed by atoms with E-state index in [-0.39, 0.29) is 0 Å². The number of benzene rings is 11. The summed E-state index contributed by atoms with van der Waals surface area (Å²) in [5, 5.41) is 2.15. The first-order valence-electron chi connectivity index (χ1n) is 24.1. The number of nitrogens with zero attached hydrogens (tertiary/aromatic N) is 2. The van der Waals surface area contributed by atoms with Gasteiger partial charge in [0.15, 0.2) is 5.58 Å². The van der Waals surface area contributed by atoms with Gasteiger partial charge in [0.25, 0.3) is 0 Å². The second-order valence-corrected chi connectivity index (χ2v) is 18.3. The van der Waals surface area contributed by atoms with Gasteiger partial charge in [-0.2, -0.15) is 0 Å². The van der Waals surface area contributed by atoms with E-state index in [1.54, 1.807) is 0 Å². The molecule has 12 aromatic rings. The molecule has 1 spiro atoms. The standard InChI is InChI=1S/C67H44N2O/c1-5-21-45(22-6-1)46-39-41-50(42-40-46)68(48-25-9-3-10-26-48)64-61(44-43-60-63(64)56-31-15-18-37-59(56)67(60)57-35-16-13-29-52(57)53-30-14-17-36-58(53)67)69(49-27-11-4-12-28-49)62-38-20-34-55-54-33-19-32-51(65(54)70-66(55)62)47-23-7-2-8-24-47/h1-44H. The van der Waals surface area contributed by atoms with Crippen LogP contribution in [0.15, 0.2) is 271 Å². The van der Waals surface area contributed by atoms with Crippen LogP contribution in [0.4, 0.5) is 34.1 Å². The van der Waals surface area contributed by atoms with Crippen molar-refractivity contribution in [1.29, 1.82) is 0 Å². The van der Waals surface area contributed by atoms with Crippen molar-refractivity contribution in [3.8, 4) is 44.5 Å². The lowest BCUT2D eigenvalue weighted by Gasteiger charge is -2.36. The monoisotopic (exact) mass is 892 g/mol. The number of fused-ring (bicyclic) bond motifs is 13. The molecule has 328 valence electrons. The van der Waals surface area contributed by atoms with Crippen LogP contribution in [0.5, 0.6) is 0 Å². The van der Waals surface area contributed by atoms with Crippen LogP contribution < -0.4 is 9.80 Å². The molecule has 0 saturated carbocycles. The quantitative estimate of drug-likeness (QED) is 0.152. The topological polar surface area (TPSA) is 19.6 Å². The molecular weight excluding hydrogens is 849 g/mol. The lowest BCUT2D eigenvalue weighted by atomic mass is 9.70. The molecule has 70 heavy (non-hydrogen) atoms. The van der Waals surface area contributed by atoms with Crippen molar-refractivity contribution in [3.05, 3.63) is 289 Å². The summed E-state index contributed by atoms with van der Waals surface area (Å²) in [7, 11) is 0. The minimum absolute atomic E-state index is 0.559. The zero-order valence-electron chi connectivity index (χ0n) is 38.2. The van der Waals surface area contributed by atoms with Gasteiger partial charge in [-0.1, -0.05) is 218 Å². The van der Waals surface area contributed by atoms with E-state index in [2.05, 4.69) is 277 Å². The molecule has 3 nitrogen and oxygen atoms in total. The number of hydrogen-bond donors (Lipinski definition) is 0. The highest BCUT2D eigenvalue weighted by Crippen LogP contribution is 2.66. The zero-order valence-corrected chi connectivity index (χ0v) is 38.2. The smallest absolute Gasteiger partial charge is 0.159 e. The van der Waals surface area contributed by atoms with Gasteiger partial charge >= 0.3 is 0 Å². The van der Waals surface area contributed by atoms with Gasteiger partial charge in [-0.25, -0.2) is 0 Å². The van der Waals surface area contributed by atoms with Crippen molar-refractivity contribution >= 4 is 56.1 Å². The van der Waals surface area contributed by atoms with Gasteiger partial charge < -0.3 is 14.2 Å². The molecule has 2 aliphatic carbocycles. The second kappa shape index (κ2) is 16.0. The second-order valence-electron chi connectivity index (χ2n) is 18.3. The molecule has 1 heterocycles. The van der Waals surface area contributed by atoms with Gasteiger partial charge in [-0.05, 0) is 104 Å². The fraction of sp³-hybridized carbons (Fsp3) is 0.0149. The third-order valence-electron chi connectivity index (χ3n) is 14.7. The molecule has 0 radical (unpaired) electrons. The van der Waals surface area contributed by atoms with Crippen LogP contribution in [0.25, 0.3) is 66.4 Å². The van der Waals surface area contributed by atoms with Gasteiger partial charge in [-0.3, -0.25) is 0 Å². The molecule has 2 aliphatic rings. The maximum atomic E-state index is 7.27. The van der Waals surface area contributed by atoms with Crippen LogP contribution in [0.3, 0.4) is 0 Å². The lowest BCUT2D eigenvalue weighted by molar-refractivity contribution is 0.670. The number of para-hydroxylation sites is 4. The lowest BCUT2D eigenvalue weighted by Crippen LogP contribution is -2.26. The molecule has 0 fully saturated rings. The molecule has 0 saturated heterocycles. The van der Waals surface area contributed by atoms with Gasteiger partial charge in [0.2, 0.25) is 0 Å². The van der Waals surface area contributed by atoms with Crippen molar-refractivity contribution < 1.29 is 4.42 Å². The molecule has 0 aliphatic heterocycles. The van der Waals surface area contributed by atoms with Gasteiger partial charge in [0, 0.05) is 39.0 Å². The summed E-state index contributed by atoms with van der Waals surface area (Å²) in [4.78, 5) is 4.93. The maximum Gasteiger partial charge on any atom is 0.159 e. The summed E-state index contributed by atoms with van der Waals surface area (Å²) in [6, 6.07) is 97.1. The summed E-state index contributed by atoms with van der Waals surface area (Å²) >= 11 is 0. The van der Waals surface area contributed by atoms with Crippen LogP contribution in [-0.2, 0) is 5.41 Å². The van der Waals surface area contributed by atoms with Crippen molar-refractivity contribution in [2.24, 2.45) is 0 Å². The van der Waals surface area contributed by atoms with Crippen LogP contribution >= 0.6 is 0 Å². The van der Waals surface area contributed by atoms with Gasteiger partial charge in [-0.15, -0.1) is 0 Å². The Kier molecular flexibility index (Phi) is 9.11. The normalized spacial score (nSPS) is 12.7. The van der Waals surface area contributed by atoms with E-state index in [9.17, 15) is 0 Å². The Morgan fingerprint density at radius 3 is 1.36 bits per heavy atom. The Labute approximate surface area is 407 Å². The SMILES string of the molecule is c1ccc(-c2ccc(N(c3ccccc3)c3c(N(c4ccccc4)c4cccc5c4oc4c(-c6ccccc6)cccc45)ccc4c3-c3ccccc3C43c4ccccc4-c4ccccc43)cc2)cc1. The van der Waals surface area contributed by atoms with Crippen molar-refractivity contribution in [3.63, 3.8) is 0 Å². The third-order valence-corrected chi connectivity index (χ3v) is 14.7. The molecule has 3 heteroatoms. The van der Waals surface area contributed by atoms with E-state index in [0.717, 1.165) is 72.8 Å². The first-order valence-corrected chi connectivity index (χ1v) is 24.1. The van der Waals surface area contributed by atoms with Crippen LogP contribution in [0.2, 0.25) is 0 Å². The number of rotatable bonds is 8. The van der Waals surface area contributed by atoms with E-state index in [1.807, 2.05) is 0 Å². The molecule has 0 N–H and O–H groups in total. The highest BCUT2D eigenvalue weighted by molar-refractivity contribution is 6.15. The Morgan fingerprint density at radius 1 is 0.271 bits per heavy atom. The summed E-state index contributed by atoms with van der Waals surface area (Å²) in [6.45, 7) is 0. The van der Waals surface area contributed by atoms with Crippen molar-refractivity contribution in [1.82, 2.24) is 0 Å². The maximum absolute atomic E-state index is 7.27. The Balaban J connectivity index is 1.12. The molecule has 1 aromatic heterocycles. The van der Waals surface area contributed by atoms with Crippen LogP contribution in [0, 0.1) is 0 Å². The van der Waals surface area contributed by atoms with Crippen molar-refractivity contribution in [2.75, 3.05) is 9.80 Å². The fourth-order valence-electron chi connectivity index (χ4n) is 11.8. The molecular formula is C67H44N2O. The van der Waals surface area contributed by atoms with E-state index in [0.29, 0.717) is 0 Å². The molecule has 0 atom stereocenters. The van der Waals surface area contributed by atoms with Crippen molar-refractivity contribution in [2.45, 2.75) is 5.41 Å². The van der Waals surface area contributed by atoms with E-state index >= 15 is 0 Å². The summed E-state index contributed by atoms with van der Waals surface area (Å²) in [5.41, 5.74) is 21.9. The van der Waals surface area contributed by atoms with E-state index in [4.69, 9.17) is 4.42 Å². The van der Waals surface area contributed by atoms with Crippen LogP contribution in [-0.4, -0.2) is 0 Å². The molecule has 0 amide bonds. The predicted molar refractivity (Wildman–Crippen MR) is 290 cm³/mol. The fourth-order valence-corrected chi connectivity index (χ4v) is 11.8. The minimum Gasteiger partial charge on any atom is -0.453 e. The molecule has 11 aromatic carbocycles. The number of anilines is 6. The van der Waals surface area contributed by atoms with Gasteiger partial charge in [0.1, 0.15) is 5.58 Å². The first-order chi connectivity index (χ1) is 34.8. The first kappa shape index (κ1) is 39.9. The highest BCUT2D eigenvalue weighted by atomic mass is 16.3. The molecule has 0 unspecified atom stereocenters. The highest BCUT2D eigenvalue weighted by Gasteiger charge is 2.53. The molecule has 0 bridgehead atoms. The molecule has 14 rings (SSSR count). The Hall–Kier alpha value is -9.18. The van der Waals surface area contributed by atoms with Gasteiger partial charge in [0.05, 0.1) is 22.5 Å². The largest absolute Gasteiger partial charge is 0.453 e.